The van der Waals surface area contributed by atoms with Crippen LogP contribution in [0.3, 0.4) is 0 Å². The smallest absolute Gasteiger partial charge is 0.159 e. The molecule has 1 aliphatic rings. The predicted octanol–water partition coefficient (Wildman–Crippen LogP) is 2.68. The van der Waals surface area contributed by atoms with Crippen molar-refractivity contribution in [3.8, 4) is 0 Å². The fraction of sp³-hybridized carbons (Fsp3) is 0.182. The summed E-state index contributed by atoms with van der Waals surface area (Å²) < 4.78 is 13.2. The van der Waals surface area contributed by atoms with E-state index in [1.165, 1.54) is 19.1 Å². The van der Waals surface area contributed by atoms with Crippen LogP contribution in [-0.2, 0) is 0 Å². The molecule has 0 aliphatic heterocycles. The van der Waals surface area contributed by atoms with Crippen LogP contribution in [0.5, 0.6) is 0 Å². The molecule has 2 heteroatoms. The number of hydrogen-bond acceptors (Lipinski definition) is 1. The summed E-state index contributed by atoms with van der Waals surface area (Å²) in [5.41, 5.74) is 1.18. The zero-order valence-electron chi connectivity index (χ0n) is 7.25. The average Bonchev–Trinajstić information content (AvgIpc) is 2.87. The lowest BCUT2D eigenvalue weighted by Crippen LogP contribution is -1.96. The third-order valence-corrected chi connectivity index (χ3v) is 2.15. The lowest BCUT2D eigenvalue weighted by atomic mass is 10.0. The second kappa shape index (κ2) is 2.80. The minimum Gasteiger partial charge on any atom is -0.295 e. The van der Waals surface area contributed by atoms with E-state index >= 15 is 0 Å². The van der Waals surface area contributed by atoms with Crippen LogP contribution in [0.2, 0.25) is 0 Å². The molecule has 0 amide bonds. The molecular formula is C11H9FO. The second-order valence-electron chi connectivity index (χ2n) is 3.20. The first-order valence-electron chi connectivity index (χ1n) is 4.17. The summed E-state index contributed by atoms with van der Waals surface area (Å²) in [5.74, 6) is -0.152. The Morgan fingerprint density at radius 1 is 1.38 bits per heavy atom. The summed E-state index contributed by atoms with van der Waals surface area (Å²) in [6, 6.07) is 4.50. The Balaban J connectivity index is 2.42. The van der Waals surface area contributed by atoms with Crippen LogP contribution in [-0.4, -0.2) is 5.78 Å². The Bertz CT molecular complexity index is 387. The van der Waals surface area contributed by atoms with Crippen molar-refractivity contribution < 1.29 is 9.18 Å². The third-order valence-electron chi connectivity index (χ3n) is 2.15. The molecule has 1 nitrogen and oxygen atoms in total. The zero-order chi connectivity index (χ0) is 9.42. The van der Waals surface area contributed by atoms with Crippen LogP contribution in [0.4, 0.5) is 4.39 Å². The average molecular weight is 176 g/mol. The maximum absolute atomic E-state index is 13.2. The highest BCUT2D eigenvalue weighted by Gasteiger charge is 2.18. The fourth-order valence-corrected chi connectivity index (χ4v) is 1.28. The van der Waals surface area contributed by atoms with E-state index in [-0.39, 0.29) is 17.5 Å². The summed E-state index contributed by atoms with van der Waals surface area (Å²) in [6.45, 7) is 1.48. The SMILES string of the molecule is CC(=O)c1ccc(F)c(C2C=C2)c1. The van der Waals surface area contributed by atoms with E-state index in [0.717, 1.165) is 0 Å². The van der Waals surface area contributed by atoms with Crippen molar-refractivity contribution in [1.29, 1.82) is 0 Å². The molecule has 1 aromatic rings. The van der Waals surface area contributed by atoms with Crippen LogP contribution in [0.25, 0.3) is 0 Å². The molecule has 0 N–H and O–H groups in total. The maximum Gasteiger partial charge on any atom is 0.159 e. The molecule has 0 radical (unpaired) electrons. The van der Waals surface area contributed by atoms with Crippen molar-refractivity contribution in [3.63, 3.8) is 0 Å². The number of halogens is 1. The quantitative estimate of drug-likeness (QED) is 0.500. The molecule has 2 rings (SSSR count). The van der Waals surface area contributed by atoms with Gasteiger partial charge in [-0.1, -0.05) is 12.2 Å². The van der Waals surface area contributed by atoms with Gasteiger partial charge in [0.15, 0.2) is 5.78 Å². The number of rotatable bonds is 2. The Morgan fingerprint density at radius 3 is 2.62 bits per heavy atom. The van der Waals surface area contributed by atoms with Gasteiger partial charge in [-0.3, -0.25) is 4.79 Å². The predicted molar refractivity (Wildman–Crippen MR) is 48.3 cm³/mol. The van der Waals surface area contributed by atoms with Gasteiger partial charge in [0.1, 0.15) is 5.82 Å². The molecule has 0 heterocycles. The van der Waals surface area contributed by atoms with E-state index in [9.17, 15) is 9.18 Å². The highest BCUT2D eigenvalue weighted by Crippen LogP contribution is 2.32. The highest BCUT2D eigenvalue weighted by atomic mass is 19.1. The van der Waals surface area contributed by atoms with Crippen molar-refractivity contribution in [1.82, 2.24) is 0 Å². The van der Waals surface area contributed by atoms with Gasteiger partial charge in [0.2, 0.25) is 0 Å². The number of ketones is 1. The van der Waals surface area contributed by atoms with E-state index in [1.807, 2.05) is 12.2 Å². The van der Waals surface area contributed by atoms with Gasteiger partial charge in [-0.05, 0) is 30.7 Å². The Hall–Kier alpha value is -1.44. The first-order valence-corrected chi connectivity index (χ1v) is 4.17. The van der Waals surface area contributed by atoms with Crippen molar-refractivity contribution in [2.75, 3.05) is 0 Å². The number of carbonyl (C=O) groups excluding carboxylic acids is 1. The molecular weight excluding hydrogens is 167 g/mol. The number of allylic oxidation sites excluding steroid dienone is 2. The normalized spacial score (nSPS) is 14.6. The Kier molecular flexibility index (Phi) is 1.76. The molecule has 1 aliphatic carbocycles. The lowest BCUT2D eigenvalue weighted by molar-refractivity contribution is 0.101. The van der Waals surface area contributed by atoms with E-state index in [1.54, 1.807) is 6.07 Å². The molecule has 0 fully saturated rings. The van der Waals surface area contributed by atoms with Crippen LogP contribution in [0, 0.1) is 5.82 Å². The summed E-state index contributed by atoms with van der Waals surface area (Å²) in [5, 5.41) is 0. The Labute approximate surface area is 75.9 Å². The van der Waals surface area contributed by atoms with E-state index < -0.39 is 0 Å². The van der Waals surface area contributed by atoms with Crippen LogP contribution >= 0.6 is 0 Å². The number of hydrogen-bond donors (Lipinski definition) is 0. The fourth-order valence-electron chi connectivity index (χ4n) is 1.28. The van der Waals surface area contributed by atoms with Crippen molar-refractivity contribution in [2.45, 2.75) is 12.8 Å². The van der Waals surface area contributed by atoms with Crippen molar-refractivity contribution in [3.05, 3.63) is 47.3 Å². The van der Waals surface area contributed by atoms with Crippen molar-refractivity contribution in [2.24, 2.45) is 0 Å². The molecule has 0 saturated heterocycles. The summed E-state index contributed by atoms with van der Waals surface area (Å²) in [7, 11) is 0. The first kappa shape index (κ1) is 8.17. The standard InChI is InChI=1S/C11H9FO/c1-7(13)9-4-5-11(12)10(6-9)8-2-3-8/h2-6,8H,1H3. The molecule has 0 aromatic heterocycles. The van der Waals surface area contributed by atoms with Gasteiger partial charge in [-0.15, -0.1) is 0 Å². The van der Waals surface area contributed by atoms with Crippen molar-refractivity contribution >= 4 is 5.78 Å². The molecule has 0 saturated carbocycles. The summed E-state index contributed by atoms with van der Waals surface area (Å²) >= 11 is 0. The number of benzene rings is 1. The van der Waals surface area contributed by atoms with Gasteiger partial charge in [-0.25, -0.2) is 4.39 Å². The Morgan fingerprint density at radius 2 is 2.08 bits per heavy atom. The minimum absolute atomic E-state index is 0.0260. The zero-order valence-corrected chi connectivity index (χ0v) is 7.25. The van der Waals surface area contributed by atoms with E-state index in [2.05, 4.69) is 0 Å². The van der Waals surface area contributed by atoms with Crippen LogP contribution in [0.15, 0.2) is 30.4 Å². The molecule has 0 unspecified atom stereocenters. The molecule has 66 valence electrons. The van der Waals surface area contributed by atoms with Gasteiger partial charge in [0.25, 0.3) is 0 Å². The summed E-state index contributed by atoms with van der Waals surface area (Å²) in [6.07, 6.45) is 3.81. The minimum atomic E-state index is -0.236. The van der Waals surface area contributed by atoms with E-state index in [4.69, 9.17) is 0 Å². The van der Waals surface area contributed by atoms with Gasteiger partial charge in [0.05, 0.1) is 0 Å². The largest absolute Gasteiger partial charge is 0.295 e. The molecule has 0 atom stereocenters. The molecule has 0 bridgehead atoms. The van der Waals surface area contributed by atoms with Gasteiger partial charge in [-0.2, -0.15) is 0 Å². The number of carbonyl (C=O) groups is 1. The third kappa shape index (κ3) is 1.52. The van der Waals surface area contributed by atoms with Gasteiger partial charge >= 0.3 is 0 Å². The topological polar surface area (TPSA) is 17.1 Å². The van der Waals surface area contributed by atoms with E-state index in [0.29, 0.717) is 11.1 Å². The maximum atomic E-state index is 13.2. The highest BCUT2D eigenvalue weighted by molar-refractivity contribution is 5.94. The van der Waals surface area contributed by atoms with Gasteiger partial charge in [0, 0.05) is 11.5 Å². The summed E-state index contributed by atoms with van der Waals surface area (Å²) in [4.78, 5) is 11.0. The first-order chi connectivity index (χ1) is 6.18. The van der Waals surface area contributed by atoms with Crippen LogP contribution in [0.1, 0.15) is 28.8 Å². The lowest BCUT2D eigenvalue weighted by Gasteiger charge is -2.02. The molecule has 0 spiro atoms. The second-order valence-corrected chi connectivity index (χ2v) is 3.20. The van der Waals surface area contributed by atoms with Gasteiger partial charge < -0.3 is 0 Å². The molecule has 13 heavy (non-hydrogen) atoms. The van der Waals surface area contributed by atoms with Crippen LogP contribution < -0.4 is 0 Å². The monoisotopic (exact) mass is 176 g/mol. The molecule has 1 aromatic carbocycles. The number of Topliss-reactive ketones (excluding diaryl/α,β-unsaturated/α-hetero) is 1.